The third kappa shape index (κ3) is 4.87. The van der Waals surface area contributed by atoms with E-state index >= 15 is 0 Å². The van der Waals surface area contributed by atoms with Crippen molar-refractivity contribution in [3.63, 3.8) is 0 Å². The third-order valence-electron chi connectivity index (χ3n) is 6.46. The van der Waals surface area contributed by atoms with Gasteiger partial charge in [-0.25, -0.2) is 4.98 Å². The van der Waals surface area contributed by atoms with Crippen LogP contribution >= 0.6 is 35.3 Å². The van der Waals surface area contributed by atoms with E-state index in [2.05, 4.69) is 25.5 Å². The number of carboxylic acids is 1. The first-order valence-electron chi connectivity index (χ1n) is 11.6. The lowest BCUT2D eigenvalue weighted by atomic mass is 10.0. The summed E-state index contributed by atoms with van der Waals surface area (Å²) in [7, 11) is 0. The number of pyridine rings is 1. The lowest BCUT2D eigenvalue weighted by molar-refractivity contribution is -0.136. The van der Waals surface area contributed by atoms with Gasteiger partial charge in [-0.1, -0.05) is 11.6 Å². The zero-order valence-corrected chi connectivity index (χ0v) is 22.1. The molecule has 0 saturated carbocycles. The van der Waals surface area contributed by atoms with E-state index in [1.165, 1.54) is 17.7 Å². The highest BCUT2D eigenvalue weighted by atomic mass is 35.5. The van der Waals surface area contributed by atoms with Crippen LogP contribution < -0.4 is 5.56 Å². The van der Waals surface area contributed by atoms with Gasteiger partial charge >= 0.3 is 5.97 Å². The number of carboxylic acid groups (broad SMARTS) is 1. The summed E-state index contributed by atoms with van der Waals surface area (Å²) < 4.78 is 3.33. The normalized spacial score (nSPS) is 14.3. The number of tetrazole rings is 1. The van der Waals surface area contributed by atoms with Gasteiger partial charge in [-0.15, -0.1) is 28.8 Å². The summed E-state index contributed by atoms with van der Waals surface area (Å²) >= 11 is 7.82. The number of benzene rings is 1. The Morgan fingerprint density at radius 2 is 2.08 bits per heavy atom. The van der Waals surface area contributed by atoms with Crippen molar-refractivity contribution in [1.82, 2.24) is 34.7 Å². The monoisotopic (exact) mass is 569 g/mol. The second kappa shape index (κ2) is 10.5. The van der Waals surface area contributed by atoms with Gasteiger partial charge in [0.25, 0.3) is 5.56 Å². The number of aromatic nitrogens is 7. The first kappa shape index (κ1) is 25.8. The fourth-order valence-electron chi connectivity index (χ4n) is 4.76. The second-order valence-electron chi connectivity index (χ2n) is 8.79. The van der Waals surface area contributed by atoms with Crippen LogP contribution in [0.5, 0.6) is 0 Å². The zero-order chi connectivity index (χ0) is 25.5. The SMILES string of the molecule is Cl.O=C(O)CCc1cc(-c2cnc([C@@H]3CCc4cc(-c5cc(Cl)ccc5-n5cnnn5)cc(=O)n43)[nH]2)cs1. The van der Waals surface area contributed by atoms with E-state index in [9.17, 15) is 9.59 Å². The summed E-state index contributed by atoms with van der Waals surface area (Å²) in [5.41, 5.74) is 4.83. The Kier molecular flexibility index (Phi) is 7.15. The summed E-state index contributed by atoms with van der Waals surface area (Å²) in [6.45, 7) is 0. The molecule has 1 aromatic carbocycles. The van der Waals surface area contributed by atoms with Crippen LogP contribution in [0, 0.1) is 0 Å². The molecule has 1 aliphatic heterocycles. The molecule has 4 aromatic heterocycles. The highest BCUT2D eigenvalue weighted by Crippen LogP contribution is 2.35. The van der Waals surface area contributed by atoms with E-state index < -0.39 is 5.97 Å². The number of imidazole rings is 1. The quantitative estimate of drug-likeness (QED) is 0.293. The maximum Gasteiger partial charge on any atom is 0.303 e. The molecule has 2 N–H and O–H groups in total. The van der Waals surface area contributed by atoms with Crippen LogP contribution in [0.2, 0.25) is 5.02 Å². The van der Waals surface area contributed by atoms with Gasteiger partial charge in [-0.3, -0.25) is 9.59 Å². The van der Waals surface area contributed by atoms with Crippen LogP contribution in [0.3, 0.4) is 0 Å². The average molecular weight is 570 g/mol. The van der Waals surface area contributed by atoms with E-state index in [1.807, 2.05) is 23.6 Å². The lowest BCUT2D eigenvalue weighted by Gasteiger charge is -2.15. The third-order valence-corrected chi connectivity index (χ3v) is 7.69. The molecule has 0 aliphatic carbocycles. The molecule has 13 heteroatoms. The van der Waals surface area contributed by atoms with Crippen molar-refractivity contribution in [3.05, 3.63) is 86.1 Å². The van der Waals surface area contributed by atoms with Crippen LogP contribution in [0.15, 0.2) is 59.1 Å². The number of thiophene rings is 1. The summed E-state index contributed by atoms with van der Waals surface area (Å²) in [5.74, 6) is -0.0896. The minimum atomic E-state index is -0.811. The summed E-state index contributed by atoms with van der Waals surface area (Å²) in [4.78, 5) is 33.2. The Morgan fingerprint density at radius 3 is 2.87 bits per heavy atom. The molecule has 1 atom stereocenters. The van der Waals surface area contributed by atoms with Crippen molar-refractivity contribution in [2.45, 2.75) is 31.7 Å². The molecule has 0 fully saturated rings. The molecule has 0 unspecified atom stereocenters. The van der Waals surface area contributed by atoms with Gasteiger partial charge in [0.05, 0.1) is 30.0 Å². The van der Waals surface area contributed by atoms with Crippen molar-refractivity contribution < 1.29 is 9.90 Å². The molecule has 0 spiro atoms. The van der Waals surface area contributed by atoms with Crippen LogP contribution in [0.1, 0.15) is 35.3 Å². The van der Waals surface area contributed by atoms with Gasteiger partial charge < -0.3 is 14.7 Å². The van der Waals surface area contributed by atoms with E-state index in [-0.39, 0.29) is 30.4 Å². The van der Waals surface area contributed by atoms with Crippen molar-refractivity contribution in [3.8, 4) is 28.1 Å². The van der Waals surface area contributed by atoms with Crippen LogP contribution in [-0.4, -0.2) is 45.8 Å². The molecule has 5 aromatic rings. The number of hydrogen-bond donors (Lipinski definition) is 2. The van der Waals surface area contributed by atoms with Crippen molar-refractivity contribution in [2.75, 3.05) is 0 Å². The van der Waals surface area contributed by atoms with Gasteiger partial charge in [-0.2, -0.15) is 4.68 Å². The summed E-state index contributed by atoms with van der Waals surface area (Å²) in [6, 6.07) is 10.8. The summed E-state index contributed by atoms with van der Waals surface area (Å²) in [5, 5.41) is 22.9. The molecule has 0 amide bonds. The van der Waals surface area contributed by atoms with Crippen molar-refractivity contribution >= 4 is 41.3 Å². The minimum absolute atomic E-state index is 0. The Hall–Kier alpha value is -3.80. The molecule has 38 heavy (non-hydrogen) atoms. The maximum atomic E-state index is 13.4. The maximum absolute atomic E-state index is 13.4. The first-order valence-corrected chi connectivity index (χ1v) is 12.9. The largest absolute Gasteiger partial charge is 0.481 e. The molecule has 0 saturated heterocycles. The molecule has 10 nitrogen and oxygen atoms in total. The topological polar surface area (TPSA) is 132 Å². The molecule has 6 rings (SSSR count). The number of carbonyl (C=O) groups is 1. The second-order valence-corrected chi connectivity index (χ2v) is 10.2. The Balaban J connectivity index is 0.00000294. The average Bonchev–Trinajstić information content (AvgIpc) is 3.68. The predicted molar refractivity (Wildman–Crippen MR) is 145 cm³/mol. The standard InChI is InChI=1S/C25H20ClN7O3S.ClH/c26-16-1-4-21(32-13-28-30-31-32)19(10-16)14-7-17-2-5-22(33(17)23(34)9-14)25-27-11-20(29-25)15-8-18(37-12-15)3-6-24(35)36;/h1,4,7-13,22H,2-3,5-6H2,(H,27,29)(H,35,36);1H/t22-;/m0./s1. The highest BCUT2D eigenvalue weighted by Gasteiger charge is 2.28. The minimum Gasteiger partial charge on any atom is -0.481 e. The van der Waals surface area contributed by atoms with Gasteiger partial charge in [0.15, 0.2) is 0 Å². The van der Waals surface area contributed by atoms with Gasteiger partial charge in [-0.05, 0) is 65.6 Å². The number of H-pyrrole nitrogens is 1. The van der Waals surface area contributed by atoms with E-state index in [1.54, 1.807) is 33.6 Å². The zero-order valence-electron chi connectivity index (χ0n) is 19.7. The Labute approximate surface area is 231 Å². The fourth-order valence-corrected chi connectivity index (χ4v) is 5.82. The fraction of sp³-hybridized carbons (Fsp3) is 0.200. The van der Waals surface area contributed by atoms with E-state index in [0.717, 1.165) is 57.3 Å². The smallest absolute Gasteiger partial charge is 0.303 e. The first-order chi connectivity index (χ1) is 18.0. The highest BCUT2D eigenvalue weighted by molar-refractivity contribution is 7.10. The lowest BCUT2D eigenvalue weighted by Crippen LogP contribution is -2.23. The molecule has 194 valence electrons. The molecular formula is C25H21Cl2N7O3S. The van der Waals surface area contributed by atoms with Crippen LogP contribution in [0.25, 0.3) is 28.1 Å². The number of aliphatic carboxylic acids is 1. The number of fused-ring (bicyclic) bond motifs is 1. The Bertz CT molecular complexity index is 1680. The van der Waals surface area contributed by atoms with Crippen molar-refractivity contribution in [2.24, 2.45) is 0 Å². The number of nitrogens with zero attached hydrogens (tertiary/aromatic N) is 6. The van der Waals surface area contributed by atoms with Crippen molar-refractivity contribution in [1.29, 1.82) is 0 Å². The predicted octanol–water partition coefficient (Wildman–Crippen LogP) is 4.57. The van der Waals surface area contributed by atoms with E-state index in [0.29, 0.717) is 11.4 Å². The Morgan fingerprint density at radius 1 is 1.21 bits per heavy atom. The molecule has 0 radical (unpaired) electrons. The van der Waals surface area contributed by atoms with Gasteiger partial charge in [0.1, 0.15) is 12.2 Å². The van der Waals surface area contributed by atoms with Crippen LogP contribution in [0.4, 0.5) is 0 Å². The van der Waals surface area contributed by atoms with Gasteiger partial charge in [0.2, 0.25) is 0 Å². The number of halogens is 2. The number of aryl methyl sites for hydroxylation is 2. The number of rotatable bonds is 7. The van der Waals surface area contributed by atoms with Crippen LogP contribution in [-0.2, 0) is 17.6 Å². The molecule has 1 aliphatic rings. The number of hydrogen-bond acceptors (Lipinski definition) is 7. The number of aromatic amines is 1. The number of nitrogens with one attached hydrogen (secondary N) is 1. The molecule has 0 bridgehead atoms. The molecular weight excluding hydrogens is 549 g/mol. The summed E-state index contributed by atoms with van der Waals surface area (Å²) in [6.07, 6.45) is 5.33. The van der Waals surface area contributed by atoms with E-state index in [4.69, 9.17) is 16.7 Å². The van der Waals surface area contributed by atoms with Gasteiger partial charge in [0, 0.05) is 38.2 Å². The molecule has 5 heterocycles.